The Morgan fingerprint density at radius 1 is 0.789 bits per heavy atom. The Hall–Kier alpha value is -2.61. The number of aromatic nitrogens is 2. The predicted molar refractivity (Wildman–Crippen MR) is 79.0 cm³/mol. The second-order valence-corrected chi connectivity index (χ2v) is 4.65. The van der Waals surface area contributed by atoms with Gasteiger partial charge in [-0.2, -0.15) is 0 Å². The van der Waals surface area contributed by atoms with Gasteiger partial charge in [0.05, 0.1) is 5.52 Å². The van der Waals surface area contributed by atoms with Crippen LogP contribution in [-0.4, -0.2) is 9.97 Å². The fourth-order valence-electron chi connectivity index (χ4n) is 2.54. The van der Waals surface area contributed by atoms with Gasteiger partial charge in [0, 0.05) is 28.2 Å². The molecule has 0 atom stereocenters. The van der Waals surface area contributed by atoms with Crippen LogP contribution >= 0.6 is 0 Å². The molecule has 2 heterocycles. The monoisotopic (exact) mass is 244 g/mol. The van der Waals surface area contributed by atoms with Crippen molar-refractivity contribution in [2.24, 2.45) is 0 Å². The lowest BCUT2D eigenvalue weighted by atomic mass is 10.1. The average molecular weight is 244 g/mol. The second kappa shape index (κ2) is 3.95. The summed E-state index contributed by atoms with van der Waals surface area (Å²) < 4.78 is 0. The van der Waals surface area contributed by atoms with Crippen LogP contribution < -0.4 is 0 Å². The molecule has 2 nitrogen and oxygen atoms in total. The zero-order chi connectivity index (χ0) is 12.7. The van der Waals surface area contributed by atoms with Gasteiger partial charge in [-0.25, -0.2) is 0 Å². The van der Waals surface area contributed by atoms with E-state index in [1.165, 1.54) is 16.3 Å². The van der Waals surface area contributed by atoms with Gasteiger partial charge in [0.25, 0.3) is 0 Å². The fourth-order valence-corrected chi connectivity index (χ4v) is 2.54. The summed E-state index contributed by atoms with van der Waals surface area (Å²) in [6.45, 7) is 0. The molecule has 4 rings (SSSR count). The second-order valence-electron chi connectivity index (χ2n) is 4.65. The van der Waals surface area contributed by atoms with Crippen LogP contribution in [0.5, 0.6) is 0 Å². The van der Waals surface area contributed by atoms with Crippen LogP contribution in [0.25, 0.3) is 33.1 Å². The maximum absolute atomic E-state index is 4.40. The summed E-state index contributed by atoms with van der Waals surface area (Å²) in [4.78, 5) is 7.88. The van der Waals surface area contributed by atoms with E-state index in [0.717, 1.165) is 16.7 Å². The lowest BCUT2D eigenvalue weighted by Gasteiger charge is -1.96. The minimum Gasteiger partial charge on any atom is -0.355 e. The van der Waals surface area contributed by atoms with Gasteiger partial charge in [-0.3, -0.25) is 4.98 Å². The first-order chi connectivity index (χ1) is 9.42. The Balaban J connectivity index is 2.04. The first-order valence-corrected chi connectivity index (χ1v) is 6.34. The Morgan fingerprint density at radius 3 is 2.58 bits per heavy atom. The summed E-state index contributed by atoms with van der Waals surface area (Å²) in [5, 5.41) is 2.42. The molecule has 90 valence electrons. The smallest absolute Gasteiger partial charge is 0.0709 e. The first-order valence-electron chi connectivity index (χ1n) is 6.34. The first kappa shape index (κ1) is 10.3. The lowest BCUT2D eigenvalue weighted by Crippen LogP contribution is -1.77. The Labute approximate surface area is 110 Å². The maximum Gasteiger partial charge on any atom is 0.0709 e. The third-order valence-corrected chi connectivity index (χ3v) is 3.47. The summed E-state index contributed by atoms with van der Waals surface area (Å²) in [6.07, 6.45) is 1.83. The summed E-state index contributed by atoms with van der Waals surface area (Å²) in [5.41, 5.74) is 4.54. The van der Waals surface area contributed by atoms with E-state index >= 15 is 0 Å². The molecule has 1 N–H and O–H groups in total. The van der Waals surface area contributed by atoms with E-state index in [1.54, 1.807) is 0 Å². The van der Waals surface area contributed by atoms with Crippen molar-refractivity contribution < 1.29 is 0 Å². The standard InChI is InChI=1S/C17H12N2/c1-2-5-12(6-3-1)17-11-14-13-7-4-10-18-15(13)8-9-16(14)19-17/h1-11,19H. The zero-order valence-corrected chi connectivity index (χ0v) is 10.3. The van der Waals surface area contributed by atoms with E-state index in [9.17, 15) is 0 Å². The molecule has 0 aliphatic rings. The number of hydrogen-bond donors (Lipinski definition) is 1. The Morgan fingerprint density at radius 2 is 1.68 bits per heavy atom. The molecule has 0 radical (unpaired) electrons. The third kappa shape index (κ3) is 1.61. The molecule has 0 saturated heterocycles. The van der Waals surface area contributed by atoms with Crippen molar-refractivity contribution in [3.8, 4) is 11.3 Å². The highest BCUT2D eigenvalue weighted by Crippen LogP contribution is 2.28. The molecule has 2 aromatic heterocycles. The predicted octanol–water partition coefficient (Wildman–Crippen LogP) is 4.38. The van der Waals surface area contributed by atoms with Gasteiger partial charge in [0.1, 0.15) is 0 Å². The number of hydrogen-bond acceptors (Lipinski definition) is 1. The average Bonchev–Trinajstić information content (AvgIpc) is 2.93. The number of H-pyrrole nitrogens is 1. The van der Waals surface area contributed by atoms with Gasteiger partial charge in [0.15, 0.2) is 0 Å². The third-order valence-electron chi connectivity index (χ3n) is 3.47. The van der Waals surface area contributed by atoms with Crippen molar-refractivity contribution in [3.05, 3.63) is 66.9 Å². The van der Waals surface area contributed by atoms with Gasteiger partial charge < -0.3 is 4.98 Å². The number of nitrogens with zero attached hydrogens (tertiary/aromatic N) is 1. The van der Waals surface area contributed by atoms with E-state index in [1.807, 2.05) is 18.3 Å². The summed E-state index contributed by atoms with van der Waals surface area (Å²) in [6, 6.07) is 20.8. The summed E-state index contributed by atoms with van der Waals surface area (Å²) >= 11 is 0. The van der Waals surface area contributed by atoms with Crippen molar-refractivity contribution in [1.29, 1.82) is 0 Å². The summed E-state index contributed by atoms with van der Waals surface area (Å²) in [5.74, 6) is 0. The molecule has 0 unspecified atom stereocenters. The van der Waals surface area contributed by atoms with Crippen molar-refractivity contribution >= 4 is 21.8 Å². The molecule has 0 bridgehead atoms. The van der Waals surface area contributed by atoms with Crippen molar-refractivity contribution in [2.45, 2.75) is 0 Å². The molecule has 4 aromatic rings. The van der Waals surface area contributed by atoms with Crippen molar-refractivity contribution in [2.75, 3.05) is 0 Å². The maximum atomic E-state index is 4.40. The largest absolute Gasteiger partial charge is 0.355 e. The van der Waals surface area contributed by atoms with Crippen molar-refractivity contribution in [3.63, 3.8) is 0 Å². The molecule has 0 fully saturated rings. The van der Waals surface area contributed by atoms with Crippen LogP contribution in [0.4, 0.5) is 0 Å². The highest BCUT2D eigenvalue weighted by molar-refractivity contribution is 6.06. The highest BCUT2D eigenvalue weighted by atomic mass is 14.7. The molecular weight excluding hydrogens is 232 g/mol. The fraction of sp³-hybridized carbons (Fsp3) is 0. The van der Waals surface area contributed by atoms with Crippen LogP contribution in [0.15, 0.2) is 66.9 Å². The number of aromatic amines is 1. The van der Waals surface area contributed by atoms with Crippen LogP contribution in [0.1, 0.15) is 0 Å². The molecule has 0 aliphatic carbocycles. The SMILES string of the molecule is c1ccc(-c2cc3c(ccc4ncccc43)[nH]2)cc1. The minimum atomic E-state index is 1.04. The van der Waals surface area contributed by atoms with E-state index in [4.69, 9.17) is 0 Å². The molecule has 2 heteroatoms. The minimum absolute atomic E-state index is 1.04. The van der Waals surface area contributed by atoms with Gasteiger partial charge >= 0.3 is 0 Å². The molecule has 0 amide bonds. The quantitative estimate of drug-likeness (QED) is 0.528. The van der Waals surface area contributed by atoms with Gasteiger partial charge in [0.2, 0.25) is 0 Å². The normalized spacial score (nSPS) is 11.2. The van der Waals surface area contributed by atoms with Gasteiger partial charge in [-0.05, 0) is 29.8 Å². The van der Waals surface area contributed by atoms with Gasteiger partial charge in [-0.15, -0.1) is 0 Å². The topological polar surface area (TPSA) is 28.7 Å². The highest BCUT2D eigenvalue weighted by Gasteiger charge is 2.06. The van der Waals surface area contributed by atoms with Crippen LogP contribution in [-0.2, 0) is 0 Å². The zero-order valence-electron chi connectivity index (χ0n) is 10.3. The van der Waals surface area contributed by atoms with Crippen LogP contribution in [0, 0.1) is 0 Å². The van der Waals surface area contributed by atoms with E-state index in [2.05, 4.69) is 58.5 Å². The lowest BCUT2D eigenvalue weighted by molar-refractivity contribution is 1.41. The number of rotatable bonds is 1. The van der Waals surface area contributed by atoms with E-state index < -0.39 is 0 Å². The van der Waals surface area contributed by atoms with E-state index in [0.29, 0.717) is 0 Å². The van der Waals surface area contributed by atoms with E-state index in [-0.39, 0.29) is 0 Å². The number of nitrogens with one attached hydrogen (secondary N) is 1. The molecule has 19 heavy (non-hydrogen) atoms. The Kier molecular flexibility index (Phi) is 2.15. The molecule has 0 aliphatic heterocycles. The number of fused-ring (bicyclic) bond motifs is 3. The van der Waals surface area contributed by atoms with Gasteiger partial charge in [-0.1, -0.05) is 36.4 Å². The van der Waals surface area contributed by atoms with Crippen molar-refractivity contribution in [1.82, 2.24) is 9.97 Å². The molecular formula is C17H12N2. The molecule has 2 aromatic carbocycles. The molecule has 0 spiro atoms. The molecule has 0 saturated carbocycles. The van der Waals surface area contributed by atoms with Crippen LogP contribution in [0.2, 0.25) is 0 Å². The van der Waals surface area contributed by atoms with Crippen LogP contribution in [0.3, 0.4) is 0 Å². The number of pyridine rings is 1. The number of benzene rings is 2. The summed E-state index contributed by atoms with van der Waals surface area (Å²) in [7, 11) is 0. The Bertz CT molecular complexity index is 860.